The molecule has 0 unspecified atom stereocenters. The van der Waals surface area contributed by atoms with Crippen LogP contribution in [0.3, 0.4) is 0 Å². The quantitative estimate of drug-likeness (QED) is 0.438. The lowest BCUT2D eigenvalue weighted by Gasteiger charge is -2.32. The molecule has 17 heavy (non-hydrogen) atoms. The van der Waals surface area contributed by atoms with Gasteiger partial charge in [-0.15, -0.1) is 4.91 Å². The highest BCUT2D eigenvalue weighted by Gasteiger charge is 2.18. The van der Waals surface area contributed by atoms with E-state index in [-0.39, 0.29) is 5.82 Å². The van der Waals surface area contributed by atoms with Crippen molar-refractivity contribution in [1.82, 2.24) is 9.99 Å². The van der Waals surface area contributed by atoms with Gasteiger partial charge in [0.25, 0.3) is 0 Å². The third kappa shape index (κ3) is 2.47. The summed E-state index contributed by atoms with van der Waals surface area (Å²) in [6.45, 7) is 2.43. The van der Waals surface area contributed by atoms with E-state index in [4.69, 9.17) is 0 Å². The average molecular weight is 237 g/mol. The fourth-order valence-electron chi connectivity index (χ4n) is 1.71. The lowest BCUT2D eigenvalue weighted by Crippen LogP contribution is -2.43. The lowest BCUT2D eigenvalue weighted by atomic mass is 10.3. The Kier molecular flexibility index (Phi) is 3.12. The SMILES string of the molecule is O=NN1CCN(c2ccc([N+](=O)[O-])nc2)CC1. The van der Waals surface area contributed by atoms with Gasteiger partial charge < -0.3 is 15.0 Å². The van der Waals surface area contributed by atoms with E-state index in [9.17, 15) is 15.0 Å². The summed E-state index contributed by atoms with van der Waals surface area (Å²) in [4.78, 5) is 26.0. The van der Waals surface area contributed by atoms with Crippen molar-refractivity contribution in [1.29, 1.82) is 0 Å². The number of nitroso groups, excluding NO2 is 1. The van der Waals surface area contributed by atoms with Crippen LogP contribution in [0.2, 0.25) is 0 Å². The molecule has 1 saturated heterocycles. The van der Waals surface area contributed by atoms with E-state index in [1.807, 2.05) is 4.90 Å². The Morgan fingerprint density at radius 1 is 1.29 bits per heavy atom. The number of hydrogen-bond donors (Lipinski definition) is 0. The van der Waals surface area contributed by atoms with Crippen LogP contribution in [0, 0.1) is 15.0 Å². The second-order valence-corrected chi connectivity index (χ2v) is 3.65. The molecule has 0 aromatic carbocycles. The molecular weight excluding hydrogens is 226 g/mol. The zero-order valence-electron chi connectivity index (χ0n) is 9.02. The molecule has 8 nitrogen and oxygen atoms in total. The van der Waals surface area contributed by atoms with Crippen molar-refractivity contribution in [3.05, 3.63) is 33.4 Å². The molecular formula is C9H11N5O3. The van der Waals surface area contributed by atoms with Crippen LogP contribution in [0.4, 0.5) is 11.5 Å². The summed E-state index contributed by atoms with van der Waals surface area (Å²) in [5, 5.41) is 14.8. The monoisotopic (exact) mass is 237 g/mol. The molecule has 0 atom stereocenters. The fourth-order valence-corrected chi connectivity index (χ4v) is 1.71. The second-order valence-electron chi connectivity index (χ2n) is 3.65. The van der Waals surface area contributed by atoms with Crippen LogP contribution >= 0.6 is 0 Å². The van der Waals surface area contributed by atoms with Gasteiger partial charge in [-0.1, -0.05) is 0 Å². The molecule has 0 radical (unpaired) electrons. The Morgan fingerprint density at radius 2 is 2.00 bits per heavy atom. The molecule has 1 aromatic rings. The highest BCUT2D eigenvalue weighted by molar-refractivity contribution is 5.46. The number of nitrogens with zero attached hydrogens (tertiary/aromatic N) is 5. The minimum absolute atomic E-state index is 0.165. The number of pyridine rings is 1. The molecule has 0 saturated carbocycles. The minimum Gasteiger partial charge on any atom is -0.365 e. The predicted octanol–water partition coefficient (Wildman–Crippen LogP) is 0.793. The van der Waals surface area contributed by atoms with E-state index in [1.54, 1.807) is 6.07 Å². The van der Waals surface area contributed by atoms with Crippen LogP contribution in [-0.2, 0) is 0 Å². The number of hydrogen-bond acceptors (Lipinski definition) is 6. The molecule has 90 valence electrons. The molecule has 0 aliphatic carbocycles. The van der Waals surface area contributed by atoms with Crippen molar-refractivity contribution in [2.75, 3.05) is 31.1 Å². The first kappa shape index (κ1) is 11.2. The molecule has 0 amide bonds. The summed E-state index contributed by atoms with van der Waals surface area (Å²) in [5.74, 6) is -0.165. The normalized spacial score (nSPS) is 15.8. The third-order valence-electron chi connectivity index (χ3n) is 2.66. The van der Waals surface area contributed by atoms with Crippen molar-refractivity contribution in [2.24, 2.45) is 5.29 Å². The molecule has 0 bridgehead atoms. The number of rotatable bonds is 3. The van der Waals surface area contributed by atoms with Gasteiger partial charge in [0.1, 0.15) is 0 Å². The maximum Gasteiger partial charge on any atom is 0.363 e. The Hall–Kier alpha value is -2.25. The molecule has 1 aliphatic rings. The van der Waals surface area contributed by atoms with Crippen LogP contribution in [-0.4, -0.2) is 41.1 Å². The van der Waals surface area contributed by atoms with Gasteiger partial charge in [-0.2, -0.15) is 0 Å². The first-order valence-corrected chi connectivity index (χ1v) is 5.14. The van der Waals surface area contributed by atoms with Gasteiger partial charge in [0, 0.05) is 19.2 Å². The summed E-state index contributed by atoms with van der Waals surface area (Å²) < 4.78 is 0. The summed E-state index contributed by atoms with van der Waals surface area (Å²) >= 11 is 0. The standard InChI is InChI=1S/C9H11N5O3/c15-11-13-5-3-12(4-6-13)8-1-2-9(10-7-8)14(16)17/h1-2,7H,3-6H2. The van der Waals surface area contributed by atoms with E-state index in [1.165, 1.54) is 17.3 Å². The lowest BCUT2D eigenvalue weighted by molar-refractivity contribution is -0.389. The highest BCUT2D eigenvalue weighted by Crippen LogP contribution is 2.17. The molecule has 1 aliphatic heterocycles. The van der Waals surface area contributed by atoms with Crippen molar-refractivity contribution >= 4 is 11.5 Å². The van der Waals surface area contributed by atoms with Gasteiger partial charge in [0.2, 0.25) is 0 Å². The molecule has 1 aromatic heterocycles. The summed E-state index contributed by atoms with van der Waals surface area (Å²) in [6.07, 6.45) is 1.47. The van der Waals surface area contributed by atoms with Crippen LogP contribution in [0.25, 0.3) is 0 Å². The van der Waals surface area contributed by atoms with Gasteiger partial charge in [-0.3, -0.25) is 5.01 Å². The van der Waals surface area contributed by atoms with Crippen molar-refractivity contribution < 1.29 is 4.92 Å². The Balaban J connectivity index is 2.03. The predicted molar refractivity (Wildman–Crippen MR) is 60.5 cm³/mol. The average Bonchev–Trinajstić information content (AvgIpc) is 2.39. The zero-order valence-corrected chi connectivity index (χ0v) is 9.02. The molecule has 2 rings (SSSR count). The summed E-state index contributed by atoms with van der Waals surface area (Å²) in [7, 11) is 0. The molecule has 1 fully saturated rings. The summed E-state index contributed by atoms with van der Waals surface area (Å²) in [5.41, 5.74) is 0.821. The van der Waals surface area contributed by atoms with Crippen LogP contribution < -0.4 is 4.90 Å². The molecule has 0 spiro atoms. The van der Waals surface area contributed by atoms with Crippen LogP contribution in [0.15, 0.2) is 23.6 Å². The molecule has 8 heteroatoms. The number of aromatic nitrogens is 1. The van der Waals surface area contributed by atoms with Crippen molar-refractivity contribution in [3.63, 3.8) is 0 Å². The van der Waals surface area contributed by atoms with E-state index >= 15 is 0 Å². The highest BCUT2D eigenvalue weighted by atomic mass is 16.6. The van der Waals surface area contributed by atoms with Gasteiger partial charge in [-0.25, -0.2) is 0 Å². The van der Waals surface area contributed by atoms with Crippen LogP contribution in [0.5, 0.6) is 0 Å². The van der Waals surface area contributed by atoms with Gasteiger partial charge >= 0.3 is 5.82 Å². The number of nitro groups is 1. The van der Waals surface area contributed by atoms with E-state index in [2.05, 4.69) is 10.3 Å². The van der Waals surface area contributed by atoms with E-state index in [0.29, 0.717) is 26.2 Å². The van der Waals surface area contributed by atoms with Crippen LogP contribution in [0.1, 0.15) is 0 Å². The minimum atomic E-state index is -0.530. The van der Waals surface area contributed by atoms with Crippen molar-refractivity contribution in [3.8, 4) is 0 Å². The topological polar surface area (TPSA) is 91.9 Å². The molecule has 0 N–H and O–H groups in total. The number of piperazine rings is 1. The Labute approximate surface area is 96.9 Å². The van der Waals surface area contributed by atoms with Crippen molar-refractivity contribution in [2.45, 2.75) is 0 Å². The van der Waals surface area contributed by atoms with Gasteiger partial charge in [0.15, 0.2) is 6.20 Å². The Bertz CT molecular complexity index is 413. The summed E-state index contributed by atoms with van der Waals surface area (Å²) in [6, 6.07) is 3.04. The first-order chi connectivity index (χ1) is 8.20. The first-order valence-electron chi connectivity index (χ1n) is 5.14. The Morgan fingerprint density at radius 3 is 2.47 bits per heavy atom. The fraction of sp³-hybridized carbons (Fsp3) is 0.444. The smallest absolute Gasteiger partial charge is 0.363 e. The number of anilines is 1. The maximum atomic E-state index is 10.4. The zero-order chi connectivity index (χ0) is 12.3. The van der Waals surface area contributed by atoms with Gasteiger partial charge in [0.05, 0.1) is 24.1 Å². The molecule has 2 heterocycles. The largest absolute Gasteiger partial charge is 0.365 e. The third-order valence-corrected chi connectivity index (χ3v) is 2.66. The maximum absolute atomic E-state index is 10.4. The van der Waals surface area contributed by atoms with Gasteiger partial charge in [-0.05, 0) is 16.0 Å². The van der Waals surface area contributed by atoms with E-state index in [0.717, 1.165) is 5.69 Å². The second kappa shape index (κ2) is 4.73. The van der Waals surface area contributed by atoms with E-state index < -0.39 is 4.92 Å².